The van der Waals surface area contributed by atoms with Gasteiger partial charge in [-0.1, -0.05) is 25.0 Å². The van der Waals surface area contributed by atoms with Crippen LogP contribution in [-0.2, 0) is 6.54 Å². The molecule has 1 saturated carbocycles. The van der Waals surface area contributed by atoms with Crippen LogP contribution in [0.5, 0.6) is 11.5 Å². The molecule has 1 fully saturated rings. The quantitative estimate of drug-likeness (QED) is 0.869. The normalized spacial score (nSPS) is 23.0. The van der Waals surface area contributed by atoms with Crippen molar-refractivity contribution in [3.05, 3.63) is 23.8 Å². The lowest BCUT2D eigenvalue weighted by Crippen LogP contribution is -2.34. The van der Waals surface area contributed by atoms with Crippen molar-refractivity contribution in [1.82, 2.24) is 4.90 Å². The molecule has 0 heterocycles. The van der Waals surface area contributed by atoms with Crippen molar-refractivity contribution in [2.75, 3.05) is 20.7 Å². The van der Waals surface area contributed by atoms with Crippen molar-refractivity contribution in [2.45, 2.75) is 38.3 Å². The van der Waals surface area contributed by atoms with Crippen LogP contribution in [0, 0.1) is 5.92 Å². The van der Waals surface area contributed by atoms with Crippen LogP contribution in [0.1, 0.15) is 31.2 Å². The number of rotatable bonds is 5. The van der Waals surface area contributed by atoms with E-state index in [0.29, 0.717) is 18.2 Å². The Morgan fingerprint density at radius 3 is 2.75 bits per heavy atom. The van der Waals surface area contributed by atoms with Gasteiger partial charge in [-0.15, -0.1) is 0 Å². The molecule has 2 unspecified atom stereocenters. The van der Waals surface area contributed by atoms with E-state index < -0.39 is 0 Å². The van der Waals surface area contributed by atoms with E-state index in [4.69, 9.17) is 4.74 Å². The van der Waals surface area contributed by atoms with Crippen molar-refractivity contribution < 1.29 is 14.9 Å². The zero-order chi connectivity index (χ0) is 14.5. The summed E-state index contributed by atoms with van der Waals surface area (Å²) in [6.45, 7) is 1.52. The van der Waals surface area contributed by atoms with Crippen molar-refractivity contribution in [3.63, 3.8) is 0 Å². The minimum Gasteiger partial charge on any atom is -0.504 e. The number of ether oxygens (including phenoxy) is 1. The number of nitrogens with zero attached hydrogens (tertiary/aromatic N) is 1. The average Bonchev–Trinajstić information content (AvgIpc) is 2.44. The minimum absolute atomic E-state index is 0.176. The highest BCUT2D eigenvalue weighted by atomic mass is 16.5. The summed E-state index contributed by atoms with van der Waals surface area (Å²) < 4.78 is 5.13. The molecule has 2 atom stereocenters. The molecule has 0 aromatic heterocycles. The summed E-state index contributed by atoms with van der Waals surface area (Å²) in [7, 11) is 3.58. The lowest BCUT2D eigenvalue weighted by atomic mass is 9.86. The van der Waals surface area contributed by atoms with E-state index in [1.807, 2.05) is 19.2 Å². The summed E-state index contributed by atoms with van der Waals surface area (Å²) in [5.41, 5.74) is 0.858. The molecule has 1 aromatic rings. The monoisotopic (exact) mass is 279 g/mol. The second-order valence-corrected chi connectivity index (χ2v) is 5.78. The third-order valence-corrected chi connectivity index (χ3v) is 4.16. The second kappa shape index (κ2) is 6.95. The van der Waals surface area contributed by atoms with E-state index >= 15 is 0 Å². The number of aromatic hydroxyl groups is 1. The van der Waals surface area contributed by atoms with E-state index in [0.717, 1.165) is 31.4 Å². The first kappa shape index (κ1) is 15.1. The van der Waals surface area contributed by atoms with Crippen molar-refractivity contribution in [2.24, 2.45) is 5.92 Å². The first-order valence-electron chi connectivity index (χ1n) is 7.33. The van der Waals surface area contributed by atoms with Gasteiger partial charge in [-0.05, 0) is 31.9 Å². The van der Waals surface area contributed by atoms with Gasteiger partial charge in [0.2, 0.25) is 0 Å². The first-order chi connectivity index (χ1) is 9.61. The number of benzene rings is 1. The maximum Gasteiger partial charge on any atom is 0.162 e. The summed E-state index contributed by atoms with van der Waals surface area (Å²) in [4.78, 5) is 2.16. The van der Waals surface area contributed by atoms with Crippen LogP contribution in [-0.4, -0.2) is 41.9 Å². The van der Waals surface area contributed by atoms with Gasteiger partial charge in [0.25, 0.3) is 0 Å². The van der Waals surface area contributed by atoms with Crippen LogP contribution < -0.4 is 4.74 Å². The molecule has 1 aliphatic carbocycles. The predicted octanol–water partition coefficient (Wildman–Crippen LogP) is 2.38. The largest absolute Gasteiger partial charge is 0.504 e. The van der Waals surface area contributed by atoms with Crippen LogP contribution >= 0.6 is 0 Å². The number of aliphatic hydroxyl groups is 1. The van der Waals surface area contributed by atoms with E-state index in [-0.39, 0.29) is 11.9 Å². The van der Waals surface area contributed by atoms with Crippen molar-refractivity contribution in [1.29, 1.82) is 0 Å². The topological polar surface area (TPSA) is 52.9 Å². The van der Waals surface area contributed by atoms with Crippen LogP contribution in [0.3, 0.4) is 0 Å². The zero-order valence-corrected chi connectivity index (χ0v) is 12.4. The Kier molecular flexibility index (Phi) is 5.26. The number of phenolic OH excluding ortho intramolecular Hbond substituents is 1. The van der Waals surface area contributed by atoms with E-state index in [1.54, 1.807) is 13.2 Å². The highest BCUT2D eigenvalue weighted by Gasteiger charge is 2.24. The Morgan fingerprint density at radius 2 is 2.05 bits per heavy atom. The van der Waals surface area contributed by atoms with Gasteiger partial charge in [0.15, 0.2) is 11.5 Å². The lowest BCUT2D eigenvalue weighted by Gasteiger charge is -2.31. The fraction of sp³-hybridized carbons (Fsp3) is 0.625. The molecular weight excluding hydrogens is 254 g/mol. The standard InChI is InChI=1S/C16H25NO3/c1-17(10-12-6-3-4-8-14(12)18)11-13-7-5-9-15(20-2)16(13)19/h5,7,9,12,14,18-19H,3-4,6,8,10-11H2,1-2H3. The lowest BCUT2D eigenvalue weighted by molar-refractivity contribution is 0.0500. The summed E-state index contributed by atoms with van der Waals surface area (Å²) >= 11 is 0. The van der Waals surface area contributed by atoms with E-state index in [2.05, 4.69) is 4.90 Å². The summed E-state index contributed by atoms with van der Waals surface area (Å²) in [5.74, 6) is 1.07. The van der Waals surface area contributed by atoms with Crippen LogP contribution in [0.4, 0.5) is 0 Å². The van der Waals surface area contributed by atoms with Gasteiger partial charge >= 0.3 is 0 Å². The first-order valence-corrected chi connectivity index (χ1v) is 7.33. The fourth-order valence-electron chi connectivity index (χ4n) is 3.02. The molecule has 1 aliphatic rings. The van der Waals surface area contributed by atoms with Gasteiger partial charge in [0.05, 0.1) is 13.2 Å². The molecule has 0 radical (unpaired) electrons. The number of aliphatic hydroxyl groups excluding tert-OH is 1. The number of para-hydroxylation sites is 1. The smallest absolute Gasteiger partial charge is 0.162 e. The molecule has 4 nitrogen and oxygen atoms in total. The molecule has 0 aliphatic heterocycles. The molecule has 1 aromatic carbocycles. The van der Waals surface area contributed by atoms with Gasteiger partial charge in [-0.3, -0.25) is 0 Å². The van der Waals surface area contributed by atoms with Crippen LogP contribution in [0.2, 0.25) is 0 Å². The Bertz CT molecular complexity index is 436. The SMILES string of the molecule is COc1cccc(CN(C)CC2CCCCC2O)c1O. The number of hydrogen-bond acceptors (Lipinski definition) is 4. The third-order valence-electron chi connectivity index (χ3n) is 4.16. The predicted molar refractivity (Wildman–Crippen MR) is 79.0 cm³/mol. The average molecular weight is 279 g/mol. The molecular formula is C16H25NO3. The highest BCUT2D eigenvalue weighted by molar-refractivity contribution is 5.45. The van der Waals surface area contributed by atoms with Gasteiger partial charge in [0.1, 0.15) is 0 Å². The molecule has 20 heavy (non-hydrogen) atoms. The Labute approximate surface area is 121 Å². The van der Waals surface area contributed by atoms with Gasteiger partial charge in [-0.2, -0.15) is 0 Å². The van der Waals surface area contributed by atoms with Crippen molar-refractivity contribution >= 4 is 0 Å². The Balaban J connectivity index is 1.95. The molecule has 0 saturated heterocycles. The molecule has 0 spiro atoms. The molecule has 2 N–H and O–H groups in total. The summed E-state index contributed by atoms with van der Waals surface area (Å²) in [6, 6.07) is 5.55. The van der Waals surface area contributed by atoms with Crippen LogP contribution in [0.25, 0.3) is 0 Å². The minimum atomic E-state index is -0.176. The fourth-order valence-corrected chi connectivity index (χ4v) is 3.02. The molecule has 4 heteroatoms. The summed E-state index contributed by atoms with van der Waals surface area (Å²) in [6.07, 6.45) is 4.18. The molecule has 2 rings (SSSR count). The zero-order valence-electron chi connectivity index (χ0n) is 12.4. The number of phenols is 1. The van der Waals surface area contributed by atoms with Gasteiger partial charge < -0.3 is 19.8 Å². The Hall–Kier alpha value is -1.26. The maximum absolute atomic E-state index is 10.1. The summed E-state index contributed by atoms with van der Waals surface area (Å²) in [5, 5.41) is 20.1. The van der Waals surface area contributed by atoms with Crippen molar-refractivity contribution in [3.8, 4) is 11.5 Å². The third kappa shape index (κ3) is 3.64. The number of methoxy groups -OCH3 is 1. The number of hydrogen-bond donors (Lipinski definition) is 2. The highest BCUT2D eigenvalue weighted by Crippen LogP contribution is 2.31. The Morgan fingerprint density at radius 1 is 1.30 bits per heavy atom. The van der Waals surface area contributed by atoms with E-state index in [9.17, 15) is 10.2 Å². The molecule has 0 bridgehead atoms. The van der Waals surface area contributed by atoms with E-state index in [1.165, 1.54) is 6.42 Å². The van der Waals surface area contributed by atoms with Gasteiger partial charge in [0, 0.05) is 18.7 Å². The van der Waals surface area contributed by atoms with Gasteiger partial charge in [-0.25, -0.2) is 0 Å². The van der Waals surface area contributed by atoms with Crippen LogP contribution in [0.15, 0.2) is 18.2 Å². The molecule has 0 amide bonds. The second-order valence-electron chi connectivity index (χ2n) is 5.78. The maximum atomic E-state index is 10.1. The molecule has 112 valence electrons.